The van der Waals surface area contributed by atoms with Crippen LogP contribution in [0.1, 0.15) is 31.1 Å². The third-order valence-electron chi connectivity index (χ3n) is 3.06. The number of carbonyl (C=O) groups excluding carboxylic acids is 1. The maximum atomic E-state index is 11.6. The lowest BCUT2D eigenvalue weighted by molar-refractivity contribution is 0.247. The molecular formula is C16H21N3O3. The minimum Gasteiger partial charge on any atom is -0.491 e. The maximum absolute atomic E-state index is 11.6. The van der Waals surface area contributed by atoms with E-state index in [0.29, 0.717) is 30.6 Å². The van der Waals surface area contributed by atoms with E-state index in [0.717, 1.165) is 11.3 Å². The van der Waals surface area contributed by atoms with Crippen LogP contribution in [0.25, 0.3) is 0 Å². The van der Waals surface area contributed by atoms with Crippen LogP contribution in [0, 0.1) is 6.92 Å². The van der Waals surface area contributed by atoms with Crippen LogP contribution in [0.15, 0.2) is 34.9 Å². The van der Waals surface area contributed by atoms with Gasteiger partial charge in [0, 0.05) is 6.07 Å². The lowest BCUT2D eigenvalue weighted by Gasteiger charge is -2.14. The van der Waals surface area contributed by atoms with Gasteiger partial charge in [-0.1, -0.05) is 37.2 Å². The number of amides is 2. The second-order valence-electron chi connectivity index (χ2n) is 5.24. The summed E-state index contributed by atoms with van der Waals surface area (Å²) in [4.78, 5) is 11.6. The van der Waals surface area contributed by atoms with Crippen LogP contribution < -0.4 is 15.4 Å². The van der Waals surface area contributed by atoms with Crippen molar-refractivity contribution >= 4 is 11.8 Å². The van der Waals surface area contributed by atoms with Gasteiger partial charge in [-0.15, -0.1) is 0 Å². The van der Waals surface area contributed by atoms with Crippen molar-refractivity contribution in [1.29, 1.82) is 0 Å². The van der Waals surface area contributed by atoms with E-state index in [4.69, 9.17) is 9.26 Å². The zero-order valence-corrected chi connectivity index (χ0v) is 13.1. The molecule has 0 atom stereocenters. The number of hydrogen-bond donors (Lipinski definition) is 2. The Hall–Kier alpha value is -2.50. The molecule has 2 N–H and O–H groups in total. The van der Waals surface area contributed by atoms with Gasteiger partial charge in [-0.3, -0.25) is 5.32 Å². The molecule has 0 spiro atoms. The Morgan fingerprint density at radius 2 is 2.14 bits per heavy atom. The average Bonchev–Trinajstić information content (AvgIpc) is 2.89. The van der Waals surface area contributed by atoms with Gasteiger partial charge in [-0.05, 0) is 24.5 Å². The first kappa shape index (κ1) is 15.9. The zero-order chi connectivity index (χ0) is 15.9. The Morgan fingerprint density at radius 3 is 2.82 bits per heavy atom. The van der Waals surface area contributed by atoms with Crippen molar-refractivity contribution in [1.82, 2.24) is 10.5 Å². The second kappa shape index (κ2) is 7.49. The summed E-state index contributed by atoms with van der Waals surface area (Å²) in [5.41, 5.74) is 1.16. The van der Waals surface area contributed by atoms with Gasteiger partial charge in [0.25, 0.3) is 0 Å². The molecule has 0 aliphatic heterocycles. The number of urea groups is 1. The Kier molecular flexibility index (Phi) is 5.41. The molecule has 0 fully saturated rings. The fourth-order valence-corrected chi connectivity index (χ4v) is 2.00. The molecule has 118 valence electrons. The largest absolute Gasteiger partial charge is 0.491 e. The number of rotatable bonds is 6. The molecular weight excluding hydrogens is 282 g/mol. The van der Waals surface area contributed by atoms with Gasteiger partial charge < -0.3 is 14.6 Å². The highest BCUT2D eigenvalue weighted by Gasteiger charge is 2.08. The molecule has 2 amide bonds. The summed E-state index contributed by atoms with van der Waals surface area (Å²) in [6.07, 6.45) is 0. The third kappa shape index (κ3) is 4.51. The van der Waals surface area contributed by atoms with Crippen molar-refractivity contribution in [2.75, 3.05) is 18.5 Å². The van der Waals surface area contributed by atoms with Crippen molar-refractivity contribution in [2.24, 2.45) is 0 Å². The van der Waals surface area contributed by atoms with Crippen LogP contribution in [0.2, 0.25) is 0 Å². The molecule has 0 radical (unpaired) electrons. The predicted octanol–water partition coefficient (Wildman–Crippen LogP) is 3.31. The summed E-state index contributed by atoms with van der Waals surface area (Å²) in [5.74, 6) is 2.28. The minimum atomic E-state index is -0.339. The van der Waals surface area contributed by atoms with E-state index in [1.165, 1.54) is 0 Å². The second-order valence-corrected chi connectivity index (χ2v) is 5.24. The summed E-state index contributed by atoms with van der Waals surface area (Å²) < 4.78 is 10.6. The van der Waals surface area contributed by atoms with Crippen molar-refractivity contribution in [2.45, 2.75) is 26.7 Å². The average molecular weight is 303 g/mol. The van der Waals surface area contributed by atoms with Crippen molar-refractivity contribution in [3.05, 3.63) is 41.7 Å². The summed E-state index contributed by atoms with van der Waals surface area (Å²) >= 11 is 0. The van der Waals surface area contributed by atoms with Gasteiger partial charge in [-0.25, -0.2) is 4.79 Å². The highest BCUT2D eigenvalue weighted by molar-refractivity contribution is 5.88. The first-order valence-corrected chi connectivity index (χ1v) is 7.26. The molecule has 0 unspecified atom stereocenters. The van der Waals surface area contributed by atoms with Crippen LogP contribution in [0.3, 0.4) is 0 Å². The fourth-order valence-electron chi connectivity index (χ4n) is 2.00. The Morgan fingerprint density at radius 1 is 1.36 bits per heavy atom. The van der Waals surface area contributed by atoms with Crippen LogP contribution in [0.4, 0.5) is 10.6 Å². The number of carbonyl (C=O) groups is 1. The fraction of sp³-hybridized carbons (Fsp3) is 0.375. The van der Waals surface area contributed by atoms with E-state index in [2.05, 4.69) is 29.6 Å². The van der Waals surface area contributed by atoms with Crippen molar-refractivity contribution in [3.8, 4) is 5.75 Å². The Balaban J connectivity index is 1.74. The number of nitrogens with one attached hydrogen (secondary N) is 2. The van der Waals surface area contributed by atoms with E-state index in [1.807, 2.05) is 24.3 Å². The van der Waals surface area contributed by atoms with Crippen LogP contribution in [0.5, 0.6) is 5.75 Å². The molecule has 0 saturated heterocycles. The van der Waals surface area contributed by atoms with E-state index < -0.39 is 0 Å². The number of anilines is 1. The first-order valence-electron chi connectivity index (χ1n) is 7.26. The molecule has 22 heavy (non-hydrogen) atoms. The number of hydrogen-bond acceptors (Lipinski definition) is 4. The van der Waals surface area contributed by atoms with Gasteiger partial charge in [0.15, 0.2) is 5.82 Å². The molecule has 0 aliphatic carbocycles. The Labute approximate surface area is 129 Å². The van der Waals surface area contributed by atoms with E-state index in [-0.39, 0.29) is 6.03 Å². The SMILES string of the molecule is Cc1cc(NC(=O)NCCOc2ccccc2C(C)C)no1. The molecule has 1 aromatic carbocycles. The van der Waals surface area contributed by atoms with E-state index in [9.17, 15) is 4.79 Å². The number of benzene rings is 1. The quantitative estimate of drug-likeness (QED) is 0.803. The summed E-state index contributed by atoms with van der Waals surface area (Å²) in [7, 11) is 0. The summed E-state index contributed by atoms with van der Waals surface area (Å²) in [6, 6.07) is 9.23. The number of ether oxygens (including phenoxy) is 1. The predicted molar refractivity (Wildman–Crippen MR) is 84.3 cm³/mol. The van der Waals surface area contributed by atoms with Crippen molar-refractivity contribution < 1.29 is 14.1 Å². The zero-order valence-electron chi connectivity index (χ0n) is 13.1. The van der Waals surface area contributed by atoms with Gasteiger partial charge in [0.2, 0.25) is 0 Å². The smallest absolute Gasteiger partial charge is 0.320 e. The summed E-state index contributed by atoms with van der Waals surface area (Å²) in [5, 5.41) is 8.97. The van der Waals surface area contributed by atoms with E-state index >= 15 is 0 Å². The molecule has 1 heterocycles. The number of nitrogens with zero attached hydrogens (tertiary/aromatic N) is 1. The molecule has 1 aromatic heterocycles. The lowest BCUT2D eigenvalue weighted by Crippen LogP contribution is -2.32. The molecule has 0 saturated carbocycles. The number of aromatic nitrogens is 1. The highest BCUT2D eigenvalue weighted by Crippen LogP contribution is 2.25. The third-order valence-corrected chi connectivity index (χ3v) is 3.06. The molecule has 6 heteroatoms. The van der Waals surface area contributed by atoms with Gasteiger partial charge >= 0.3 is 6.03 Å². The lowest BCUT2D eigenvalue weighted by atomic mass is 10.0. The van der Waals surface area contributed by atoms with E-state index in [1.54, 1.807) is 13.0 Å². The standard InChI is InChI=1S/C16H21N3O3/c1-11(2)13-6-4-5-7-14(13)21-9-8-17-16(20)18-15-10-12(3)22-19-15/h4-7,10-11H,8-9H2,1-3H3,(H2,17,18,19,20). The molecule has 0 bridgehead atoms. The molecule has 0 aliphatic rings. The van der Waals surface area contributed by atoms with Crippen LogP contribution in [-0.4, -0.2) is 24.3 Å². The minimum absolute atomic E-state index is 0.339. The number of aryl methyl sites for hydroxylation is 1. The molecule has 2 rings (SSSR count). The van der Waals surface area contributed by atoms with Crippen LogP contribution >= 0.6 is 0 Å². The number of para-hydroxylation sites is 1. The Bertz CT molecular complexity index is 623. The van der Waals surface area contributed by atoms with Crippen LogP contribution in [-0.2, 0) is 0 Å². The van der Waals surface area contributed by atoms with Gasteiger partial charge in [0.05, 0.1) is 6.54 Å². The highest BCUT2D eigenvalue weighted by atomic mass is 16.5. The summed E-state index contributed by atoms with van der Waals surface area (Å²) in [6.45, 7) is 6.79. The monoisotopic (exact) mass is 303 g/mol. The maximum Gasteiger partial charge on any atom is 0.320 e. The first-order chi connectivity index (χ1) is 10.6. The molecule has 2 aromatic rings. The topological polar surface area (TPSA) is 76.4 Å². The molecule has 6 nitrogen and oxygen atoms in total. The van der Waals surface area contributed by atoms with Gasteiger partial charge in [0.1, 0.15) is 18.1 Å². The van der Waals surface area contributed by atoms with Crippen molar-refractivity contribution in [3.63, 3.8) is 0 Å². The normalized spacial score (nSPS) is 10.5. The van der Waals surface area contributed by atoms with Gasteiger partial charge in [-0.2, -0.15) is 0 Å².